The molecule has 2 aliphatic heterocycles. The summed E-state index contributed by atoms with van der Waals surface area (Å²) in [6, 6.07) is 15.1. The lowest BCUT2D eigenvalue weighted by Crippen LogP contribution is -2.55. The SMILES string of the molecule is Clc1cccc(N2CCN([C@@H]3CCCN(CCc4ccccn4)C3)CC2)c1. The monoisotopic (exact) mass is 384 g/mol. The summed E-state index contributed by atoms with van der Waals surface area (Å²) in [5.74, 6) is 0. The number of piperidine rings is 1. The van der Waals surface area contributed by atoms with E-state index in [4.69, 9.17) is 11.6 Å². The van der Waals surface area contributed by atoms with E-state index in [-0.39, 0.29) is 0 Å². The molecule has 144 valence electrons. The van der Waals surface area contributed by atoms with Gasteiger partial charge in [-0.25, -0.2) is 0 Å². The highest BCUT2D eigenvalue weighted by molar-refractivity contribution is 6.30. The molecule has 2 saturated heterocycles. The van der Waals surface area contributed by atoms with Crippen LogP contribution in [0.5, 0.6) is 0 Å². The maximum absolute atomic E-state index is 6.16. The van der Waals surface area contributed by atoms with Gasteiger partial charge in [-0.2, -0.15) is 0 Å². The van der Waals surface area contributed by atoms with Crippen molar-refractivity contribution in [2.24, 2.45) is 0 Å². The molecule has 4 rings (SSSR count). The van der Waals surface area contributed by atoms with Crippen LogP contribution in [0.4, 0.5) is 5.69 Å². The Hall–Kier alpha value is -1.62. The van der Waals surface area contributed by atoms with Gasteiger partial charge in [0.05, 0.1) is 0 Å². The maximum atomic E-state index is 6.16. The standard InChI is InChI=1S/C22H29ClN4/c23-19-5-3-7-21(17-19)26-13-15-27(16-14-26)22-8-4-11-25(18-22)12-9-20-6-1-2-10-24-20/h1-3,5-7,10,17,22H,4,8-9,11-16,18H2/t22-/m1/s1. The van der Waals surface area contributed by atoms with Crippen LogP contribution in [0.15, 0.2) is 48.7 Å². The third kappa shape index (κ3) is 5.01. The number of rotatable bonds is 5. The normalized spacial score (nSPS) is 22.1. The number of hydrogen-bond acceptors (Lipinski definition) is 4. The van der Waals surface area contributed by atoms with Crippen LogP contribution in [0.2, 0.25) is 5.02 Å². The van der Waals surface area contributed by atoms with E-state index in [9.17, 15) is 0 Å². The summed E-state index contributed by atoms with van der Waals surface area (Å²) in [5, 5.41) is 0.825. The largest absolute Gasteiger partial charge is 0.369 e. The summed E-state index contributed by atoms with van der Waals surface area (Å²) in [5.41, 5.74) is 2.46. The summed E-state index contributed by atoms with van der Waals surface area (Å²) in [7, 11) is 0. The molecule has 0 saturated carbocycles. The summed E-state index contributed by atoms with van der Waals surface area (Å²) < 4.78 is 0. The van der Waals surface area contributed by atoms with E-state index < -0.39 is 0 Å². The minimum atomic E-state index is 0.698. The fourth-order valence-electron chi connectivity index (χ4n) is 4.37. The van der Waals surface area contributed by atoms with Crippen molar-refractivity contribution >= 4 is 17.3 Å². The first kappa shape index (κ1) is 18.7. The van der Waals surface area contributed by atoms with E-state index in [0.29, 0.717) is 6.04 Å². The molecule has 1 aromatic carbocycles. The van der Waals surface area contributed by atoms with Crippen LogP contribution in [0.1, 0.15) is 18.5 Å². The first-order valence-electron chi connectivity index (χ1n) is 10.1. The number of benzene rings is 1. The topological polar surface area (TPSA) is 22.6 Å². The summed E-state index contributed by atoms with van der Waals surface area (Å²) in [4.78, 5) is 12.3. The minimum Gasteiger partial charge on any atom is -0.369 e. The van der Waals surface area contributed by atoms with E-state index in [0.717, 1.165) is 44.2 Å². The average Bonchev–Trinajstić information content (AvgIpc) is 2.73. The third-order valence-corrected chi connectivity index (χ3v) is 6.13. The van der Waals surface area contributed by atoms with Crippen molar-refractivity contribution in [2.75, 3.05) is 50.7 Å². The van der Waals surface area contributed by atoms with Crippen molar-refractivity contribution in [3.8, 4) is 0 Å². The molecule has 0 radical (unpaired) electrons. The minimum absolute atomic E-state index is 0.698. The van der Waals surface area contributed by atoms with Gasteiger partial charge < -0.3 is 9.80 Å². The Kier molecular flexibility index (Phi) is 6.28. The van der Waals surface area contributed by atoms with E-state index in [2.05, 4.69) is 43.9 Å². The second-order valence-corrected chi connectivity index (χ2v) is 8.11. The van der Waals surface area contributed by atoms with E-state index in [1.165, 1.54) is 37.3 Å². The van der Waals surface area contributed by atoms with Crippen LogP contribution in [0.25, 0.3) is 0 Å². The Morgan fingerprint density at radius 1 is 1.00 bits per heavy atom. The Balaban J connectivity index is 1.27. The van der Waals surface area contributed by atoms with Crippen molar-refractivity contribution < 1.29 is 0 Å². The highest BCUT2D eigenvalue weighted by Gasteiger charge is 2.28. The molecular weight excluding hydrogens is 356 g/mol. The predicted octanol–water partition coefficient (Wildman–Crippen LogP) is 3.56. The average molecular weight is 385 g/mol. The quantitative estimate of drug-likeness (QED) is 0.786. The Morgan fingerprint density at radius 2 is 1.89 bits per heavy atom. The Bertz CT molecular complexity index is 715. The van der Waals surface area contributed by atoms with Gasteiger partial charge in [0.15, 0.2) is 0 Å². The number of piperazine rings is 1. The zero-order valence-electron chi connectivity index (χ0n) is 15.9. The molecule has 4 nitrogen and oxygen atoms in total. The maximum Gasteiger partial charge on any atom is 0.0426 e. The summed E-state index contributed by atoms with van der Waals surface area (Å²) >= 11 is 6.16. The number of hydrogen-bond donors (Lipinski definition) is 0. The zero-order chi connectivity index (χ0) is 18.5. The molecule has 0 amide bonds. The zero-order valence-corrected chi connectivity index (χ0v) is 16.7. The number of pyridine rings is 1. The molecule has 0 aliphatic carbocycles. The lowest BCUT2D eigenvalue weighted by molar-refractivity contribution is 0.0931. The van der Waals surface area contributed by atoms with Crippen LogP contribution in [-0.2, 0) is 6.42 Å². The molecule has 0 spiro atoms. The van der Waals surface area contributed by atoms with E-state index in [1.54, 1.807) is 0 Å². The van der Waals surface area contributed by atoms with Gasteiger partial charge in [0.1, 0.15) is 0 Å². The van der Waals surface area contributed by atoms with Crippen molar-refractivity contribution in [3.63, 3.8) is 0 Å². The molecule has 27 heavy (non-hydrogen) atoms. The molecule has 1 aromatic heterocycles. The first-order valence-corrected chi connectivity index (χ1v) is 10.5. The second-order valence-electron chi connectivity index (χ2n) is 7.67. The summed E-state index contributed by atoms with van der Waals surface area (Å²) in [6.45, 7) is 8.01. The molecule has 0 N–H and O–H groups in total. The molecule has 2 aromatic rings. The van der Waals surface area contributed by atoms with Gasteiger partial charge in [-0.15, -0.1) is 0 Å². The second kappa shape index (κ2) is 9.05. The van der Waals surface area contributed by atoms with Gasteiger partial charge in [0.2, 0.25) is 0 Å². The Morgan fingerprint density at radius 3 is 2.67 bits per heavy atom. The van der Waals surface area contributed by atoms with Crippen LogP contribution in [0, 0.1) is 0 Å². The molecule has 1 atom stereocenters. The lowest BCUT2D eigenvalue weighted by atomic mass is 10.0. The van der Waals surface area contributed by atoms with Gasteiger partial charge in [0, 0.05) is 74.3 Å². The van der Waals surface area contributed by atoms with Gasteiger partial charge in [0.25, 0.3) is 0 Å². The molecule has 0 bridgehead atoms. The van der Waals surface area contributed by atoms with Crippen molar-refractivity contribution in [2.45, 2.75) is 25.3 Å². The molecule has 0 unspecified atom stereocenters. The fraction of sp³-hybridized carbons (Fsp3) is 0.500. The van der Waals surface area contributed by atoms with Gasteiger partial charge in [-0.3, -0.25) is 9.88 Å². The number of halogens is 1. The molecule has 2 fully saturated rings. The molecular formula is C22H29ClN4. The van der Waals surface area contributed by atoms with Crippen LogP contribution < -0.4 is 4.90 Å². The lowest BCUT2D eigenvalue weighted by Gasteiger charge is -2.44. The fourth-order valence-corrected chi connectivity index (χ4v) is 4.55. The number of nitrogens with zero attached hydrogens (tertiary/aromatic N) is 4. The molecule has 5 heteroatoms. The third-order valence-electron chi connectivity index (χ3n) is 5.89. The first-order chi connectivity index (χ1) is 13.3. The van der Waals surface area contributed by atoms with Crippen LogP contribution in [-0.4, -0.2) is 66.6 Å². The highest BCUT2D eigenvalue weighted by atomic mass is 35.5. The van der Waals surface area contributed by atoms with Gasteiger partial charge in [-0.05, 0) is 49.7 Å². The van der Waals surface area contributed by atoms with Crippen molar-refractivity contribution in [3.05, 3.63) is 59.4 Å². The highest BCUT2D eigenvalue weighted by Crippen LogP contribution is 2.23. The van der Waals surface area contributed by atoms with E-state index >= 15 is 0 Å². The Labute approximate surface area is 167 Å². The van der Waals surface area contributed by atoms with Crippen molar-refractivity contribution in [1.29, 1.82) is 0 Å². The summed E-state index contributed by atoms with van der Waals surface area (Å²) in [6.07, 6.45) is 5.59. The number of anilines is 1. The van der Waals surface area contributed by atoms with Gasteiger partial charge in [-0.1, -0.05) is 23.7 Å². The van der Waals surface area contributed by atoms with Crippen LogP contribution in [0.3, 0.4) is 0 Å². The van der Waals surface area contributed by atoms with Crippen molar-refractivity contribution in [1.82, 2.24) is 14.8 Å². The predicted molar refractivity (Wildman–Crippen MR) is 113 cm³/mol. The molecule has 3 heterocycles. The number of likely N-dealkylation sites (tertiary alicyclic amines) is 1. The van der Waals surface area contributed by atoms with E-state index in [1.807, 2.05) is 24.4 Å². The smallest absolute Gasteiger partial charge is 0.0426 e. The number of aromatic nitrogens is 1. The van der Waals surface area contributed by atoms with Gasteiger partial charge >= 0.3 is 0 Å². The van der Waals surface area contributed by atoms with Crippen LogP contribution >= 0.6 is 11.6 Å². The molecule has 2 aliphatic rings.